The maximum Gasteiger partial charge on any atom is 0.140 e. The third-order valence-electron chi connectivity index (χ3n) is 12.7. The summed E-state index contributed by atoms with van der Waals surface area (Å²) in [7, 11) is 0. The molecule has 1 heterocycles. The van der Waals surface area contributed by atoms with Crippen LogP contribution in [0.2, 0.25) is 0 Å². The second-order valence-corrected chi connectivity index (χ2v) is 16.0. The first-order chi connectivity index (χ1) is 30.2. The molecule has 2 nitrogen and oxygen atoms in total. The molecule has 1 spiro atoms. The van der Waals surface area contributed by atoms with Gasteiger partial charge in [0.25, 0.3) is 0 Å². The molecular formula is C59H39NO. The van der Waals surface area contributed by atoms with Gasteiger partial charge in [0.1, 0.15) is 11.5 Å². The molecule has 1 atom stereocenters. The minimum atomic E-state index is -0.625. The van der Waals surface area contributed by atoms with Crippen LogP contribution in [0.1, 0.15) is 22.3 Å². The predicted octanol–water partition coefficient (Wildman–Crippen LogP) is 15.8. The summed E-state index contributed by atoms with van der Waals surface area (Å²) in [5, 5.41) is 2.27. The van der Waals surface area contributed by atoms with Crippen LogP contribution >= 0.6 is 0 Å². The van der Waals surface area contributed by atoms with Gasteiger partial charge in [0.2, 0.25) is 0 Å². The van der Waals surface area contributed by atoms with Crippen molar-refractivity contribution in [2.24, 2.45) is 0 Å². The van der Waals surface area contributed by atoms with Gasteiger partial charge in [-0.25, -0.2) is 0 Å². The van der Waals surface area contributed by atoms with Crippen LogP contribution in [0.15, 0.2) is 237 Å². The molecule has 61 heavy (non-hydrogen) atoms. The second kappa shape index (κ2) is 14.1. The lowest BCUT2D eigenvalue weighted by Crippen LogP contribution is -2.32. The Balaban J connectivity index is 1.14. The molecule has 0 fully saturated rings. The van der Waals surface area contributed by atoms with E-state index >= 15 is 0 Å². The summed E-state index contributed by atoms with van der Waals surface area (Å²) >= 11 is 0. The van der Waals surface area contributed by atoms with Crippen LogP contribution in [0.3, 0.4) is 0 Å². The first-order valence-corrected chi connectivity index (χ1v) is 21.0. The lowest BCUT2D eigenvalue weighted by atomic mass is 9.65. The Hall–Kier alpha value is -7.94. The molecule has 10 aromatic carbocycles. The van der Waals surface area contributed by atoms with Gasteiger partial charge in [-0.2, -0.15) is 0 Å². The number of rotatable bonds is 6. The average Bonchev–Trinajstić information content (AvgIpc) is 3.62. The molecule has 0 radical (unpaired) electrons. The van der Waals surface area contributed by atoms with Gasteiger partial charge in [0.15, 0.2) is 0 Å². The Morgan fingerprint density at radius 3 is 1.56 bits per heavy atom. The van der Waals surface area contributed by atoms with E-state index in [4.69, 9.17) is 4.74 Å². The van der Waals surface area contributed by atoms with Crippen molar-refractivity contribution < 1.29 is 4.74 Å². The molecule has 1 aliphatic heterocycles. The number of benzene rings is 10. The molecule has 0 saturated carbocycles. The highest BCUT2D eigenvalue weighted by Crippen LogP contribution is 2.63. The summed E-state index contributed by atoms with van der Waals surface area (Å²) in [5.74, 6) is 1.80. The third kappa shape index (κ3) is 5.57. The van der Waals surface area contributed by atoms with Crippen molar-refractivity contribution >= 4 is 27.8 Å². The monoisotopic (exact) mass is 777 g/mol. The molecule has 0 saturated heterocycles. The van der Waals surface area contributed by atoms with Gasteiger partial charge in [0, 0.05) is 33.6 Å². The largest absolute Gasteiger partial charge is 0.456 e. The predicted molar refractivity (Wildman–Crippen MR) is 252 cm³/mol. The smallest absolute Gasteiger partial charge is 0.140 e. The van der Waals surface area contributed by atoms with Gasteiger partial charge in [-0.15, -0.1) is 0 Å². The van der Waals surface area contributed by atoms with Crippen molar-refractivity contribution in [2.45, 2.75) is 5.41 Å². The SMILES string of the molecule is c1ccc(-c2ccc(N(c3cc(-c4ccccc4)cc(-c4ccccc4)c3)c3ccc4c(c3)C3(c5ccccc5Oc5c3ccc3ccccc53)c3ccccc3-4)cc2)cc1. The van der Waals surface area contributed by atoms with Gasteiger partial charge in [-0.1, -0.05) is 188 Å². The van der Waals surface area contributed by atoms with Crippen molar-refractivity contribution in [3.05, 3.63) is 259 Å². The third-order valence-corrected chi connectivity index (χ3v) is 12.7. The standard InChI is InChI=1S/C59H39NO/c1-4-16-40(17-5-1)43-28-31-47(32-29-43)60(49-37-45(41-18-6-2-7-19-41)36-46(38-49)42-20-8-3-9-21-42)48-33-34-52-51-24-12-13-25-53(51)59(56(52)39-48)54-26-14-15-27-57(54)61-58-50-23-11-10-22-44(50)30-35-55(58)59/h1-39H. The Bertz CT molecular complexity index is 3210. The van der Waals surface area contributed by atoms with Crippen molar-refractivity contribution in [3.8, 4) is 56.0 Å². The quantitative estimate of drug-likeness (QED) is 0.167. The molecule has 2 heteroatoms. The van der Waals surface area contributed by atoms with E-state index in [1.54, 1.807) is 0 Å². The summed E-state index contributed by atoms with van der Waals surface area (Å²) in [6, 6.07) is 86.0. The molecule has 0 aromatic heterocycles. The fraction of sp³-hybridized carbons (Fsp3) is 0.0169. The van der Waals surface area contributed by atoms with E-state index in [-0.39, 0.29) is 0 Å². The molecule has 0 N–H and O–H groups in total. The molecule has 0 bridgehead atoms. The lowest BCUT2D eigenvalue weighted by molar-refractivity contribution is 0.441. The Labute approximate surface area is 356 Å². The van der Waals surface area contributed by atoms with Crippen LogP contribution < -0.4 is 9.64 Å². The van der Waals surface area contributed by atoms with Crippen LogP contribution in [-0.4, -0.2) is 0 Å². The van der Waals surface area contributed by atoms with E-state index in [0.717, 1.165) is 61.6 Å². The lowest BCUT2D eigenvalue weighted by Gasteiger charge is -2.40. The molecular weight excluding hydrogens is 739 g/mol. The average molecular weight is 778 g/mol. The van der Waals surface area contributed by atoms with Crippen LogP contribution in [0.25, 0.3) is 55.3 Å². The minimum absolute atomic E-state index is 0.625. The van der Waals surface area contributed by atoms with Crippen molar-refractivity contribution in [2.75, 3.05) is 4.90 Å². The minimum Gasteiger partial charge on any atom is -0.456 e. The van der Waals surface area contributed by atoms with Crippen LogP contribution in [0.5, 0.6) is 11.5 Å². The maximum atomic E-state index is 6.97. The summed E-state index contributed by atoms with van der Waals surface area (Å²) in [6.45, 7) is 0. The summed E-state index contributed by atoms with van der Waals surface area (Å²) in [5.41, 5.74) is 16.9. The van der Waals surface area contributed by atoms with Gasteiger partial charge in [0.05, 0.1) is 5.41 Å². The van der Waals surface area contributed by atoms with Crippen LogP contribution in [-0.2, 0) is 5.41 Å². The number of ether oxygens (including phenoxy) is 1. The van der Waals surface area contributed by atoms with Crippen molar-refractivity contribution in [1.82, 2.24) is 0 Å². The number of nitrogens with zero attached hydrogens (tertiary/aromatic N) is 1. The molecule has 286 valence electrons. The summed E-state index contributed by atoms with van der Waals surface area (Å²) < 4.78 is 6.97. The zero-order valence-electron chi connectivity index (χ0n) is 33.4. The Morgan fingerprint density at radius 2 is 0.852 bits per heavy atom. The first kappa shape index (κ1) is 35.0. The van der Waals surface area contributed by atoms with Gasteiger partial charge in [-0.3, -0.25) is 0 Å². The Kier molecular flexibility index (Phi) is 8.11. The normalized spacial score (nSPS) is 14.4. The summed E-state index contributed by atoms with van der Waals surface area (Å²) in [4.78, 5) is 2.44. The van der Waals surface area contributed by atoms with Crippen molar-refractivity contribution in [1.29, 1.82) is 0 Å². The van der Waals surface area contributed by atoms with Gasteiger partial charge < -0.3 is 9.64 Å². The highest BCUT2D eigenvalue weighted by Gasteiger charge is 2.51. The van der Waals surface area contributed by atoms with E-state index < -0.39 is 5.41 Å². The number of hydrogen-bond acceptors (Lipinski definition) is 2. The molecule has 2 aliphatic rings. The molecule has 12 rings (SSSR count). The summed E-state index contributed by atoms with van der Waals surface area (Å²) in [6.07, 6.45) is 0. The Morgan fingerprint density at radius 1 is 0.311 bits per heavy atom. The topological polar surface area (TPSA) is 12.5 Å². The second-order valence-electron chi connectivity index (χ2n) is 16.0. The fourth-order valence-electron chi connectivity index (χ4n) is 9.97. The van der Waals surface area contributed by atoms with Crippen LogP contribution in [0.4, 0.5) is 17.1 Å². The van der Waals surface area contributed by atoms with Crippen molar-refractivity contribution in [3.63, 3.8) is 0 Å². The fourth-order valence-corrected chi connectivity index (χ4v) is 9.97. The van der Waals surface area contributed by atoms with E-state index in [1.807, 2.05) is 0 Å². The molecule has 1 unspecified atom stereocenters. The van der Waals surface area contributed by atoms with E-state index in [9.17, 15) is 0 Å². The van der Waals surface area contributed by atoms with Crippen LogP contribution in [0, 0.1) is 0 Å². The molecule has 1 aliphatic carbocycles. The zero-order valence-corrected chi connectivity index (χ0v) is 33.4. The molecule has 0 amide bonds. The maximum absolute atomic E-state index is 6.97. The highest BCUT2D eigenvalue weighted by atomic mass is 16.5. The van der Waals surface area contributed by atoms with E-state index in [0.29, 0.717) is 0 Å². The number of hydrogen-bond donors (Lipinski definition) is 0. The number of fused-ring (bicyclic) bond motifs is 11. The first-order valence-electron chi connectivity index (χ1n) is 21.0. The zero-order chi connectivity index (χ0) is 40.3. The van der Waals surface area contributed by atoms with E-state index in [2.05, 4.69) is 241 Å². The van der Waals surface area contributed by atoms with Gasteiger partial charge in [-0.05, 0) is 110 Å². The highest BCUT2D eigenvalue weighted by molar-refractivity contribution is 5.97. The number of anilines is 3. The molecule has 10 aromatic rings. The van der Waals surface area contributed by atoms with E-state index in [1.165, 1.54) is 44.5 Å². The number of para-hydroxylation sites is 1. The van der Waals surface area contributed by atoms with Gasteiger partial charge >= 0.3 is 0 Å².